The van der Waals surface area contributed by atoms with Crippen LogP contribution in [0.2, 0.25) is 0 Å². The van der Waals surface area contributed by atoms with Crippen molar-refractivity contribution in [3.63, 3.8) is 0 Å². The first-order chi connectivity index (χ1) is 14.7. The first-order valence-corrected chi connectivity index (χ1v) is 11.3. The average Bonchev–Trinajstić information content (AvgIpc) is 2.78. The fraction of sp³-hybridized carbons (Fsp3) is 0.500. The Hall–Kier alpha value is -2.20. The Kier molecular flexibility index (Phi) is 8.88. The van der Waals surface area contributed by atoms with Crippen molar-refractivity contribution >= 4 is 5.97 Å². The molecule has 0 heterocycles. The molecule has 3 rings (SSSR count). The van der Waals surface area contributed by atoms with Gasteiger partial charge in [-0.3, -0.25) is 0 Å². The number of carbonyl (C=O) groups is 1. The number of benzene rings is 2. The summed E-state index contributed by atoms with van der Waals surface area (Å²) < 4.78 is 24.8. The molecule has 2 aromatic rings. The highest BCUT2D eigenvalue weighted by atomic mass is 19.1. The topological polar surface area (TPSA) is 35.5 Å². The predicted molar refractivity (Wildman–Crippen MR) is 118 cm³/mol. The van der Waals surface area contributed by atoms with Gasteiger partial charge in [0.05, 0.1) is 11.7 Å². The second-order valence-corrected chi connectivity index (χ2v) is 8.17. The van der Waals surface area contributed by atoms with Crippen LogP contribution in [0, 0.1) is 5.82 Å². The lowest BCUT2D eigenvalue weighted by Crippen LogP contribution is -2.28. The van der Waals surface area contributed by atoms with E-state index in [4.69, 9.17) is 9.47 Å². The molecule has 0 spiro atoms. The lowest BCUT2D eigenvalue weighted by molar-refractivity contribution is -0.0204. The second kappa shape index (κ2) is 11.8. The van der Waals surface area contributed by atoms with E-state index >= 15 is 0 Å². The van der Waals surface area contributed by atoms with E-state index in [-0.39, 0.29) is 17.9 Å². The Morgan fingerprint density at radius 3 is 2.03 bits per heavy atom. The molecule has 0 amide bonds. The molecule has 0 N–H and O–H groups in total. The normalized spacial score (nSPS) is 18.9. The fourth-order valence-electron chi connectivity index (χ4n) is 3.93. The van der Waals surface area contributed by atoms with E-state index in [1.165, 1.54) is 37.8 Å². The number of hydrogen-bond acceptors (Lipinski definition) is 3. The van der Waals surface area contributed by atoms with E-state index in [1.807, 2.05) is 12.1 Å². The van der Waals surface area contributed by atoms with Crippen LogP contribution in [-0.4, -0.2) is 24.8 Å². The number of unbranched alkanes of at least 4 members (excludes halogenated alkanes) is 4. The van der Waals surface area contributed by atoms with E-state index in [0.29, 0.717) is 11.7 Å². The summed E-state index contributed by atoms with van der Waals surface area (Å²) in [7, 11) is 0. The standard InChI is InChI=1S/C26H33FO3/c1-2-3-4-5-6-19-29-24-15-17-25(18-16-24)30-26(28)22-9-7-20(8-10-22)21-11-13-23(27)14-12-21/h7-14,24-25H,2-6,15-19H2,1H3/t24-,25-. The lowest BCUT2D eigenvalue weighted by atomic mass is 9.95. The van der Waals surface area contributed by atoms with Crippen LogP contribution in [0.15, 0.2) is 48.5 Å². The van der Waals surface area contributed by atoms with Gasteiger partial charge in [-0.2, -0.15) is 0 Å². The van der Waals surface area contributed by atoms with Crippen molar-refractivity contribution in [2.75, 3.05) is 6.61 Å². The molecule has 0 unspecified atom stereocenters. The number of carbonyl (C=O) groups excluding carboxylic acids is 1. The number of rotatable bonds is 10. The van der Waals surface area contributed by atoms with E-state index < -0.39 is 0 Å². The zero-order valence-electron chi connectivity index (χ0n) is 17.9. The highest BCUT2D eigenvalue weighted by molar-refractivity contribution is 5.90. The monoisotopic (exact) mass is 412 g/mol. The summed E-state index contributed by atoms with van der Waals surface area (Å²) in [5.74, 6) is -0.535. The zero-order valence-corrected chi connectivity index (χ0v) is 17.9. The summed E-state index contributed by atoms with van der Waals surface area (Å²) >= 11 is 0. The van der Waals surface area contributed by atoms with Gasteiger partial charge in [0.25, 0.3) is 0 Å². The maximum atomic E-state index is 13.1. The maximum Gasteiger partial charge on any atom is 0.338 e. The summed E-state index contributed by atoms with van der Waals surface area (Å²) in [5.41, 5.74) is 2.41. The molecular weight excluding hydrogens is 379 g/mol. The molecule has 0 saturated heterocycles. The van der Waals surface area contributed by atoms with E-state index in [2.05, 4.69) is 6.92 Å². The van der Waals surface area contributed by atoms with Crippen molar-refractivity contribution in [3.05, 3.63) is 59.9 Å². The van der Waals surface area contributed by atoms with Gasteiger partial charge < -0.3 is 9.47 Å². The van der Waals surface area contributed by atoms with E-state index in [9.17, 15) is 9.18 Å². The van der Waals surface area contributed by atoms with Gasteiger partial charge >= 0.3 is 5.97 Å². The van der Waals surface area contributed by atoms with Crippen LogP contribution < -0.4 is 0 Å². The molecule has 0 radical (unpaired) electrons. The molecule has 162 valence electrons. The van der Waals surface area contributed by atoms with Crippen LogP contribution in [0.25, 0.3) is 11.1 Å². The number of esters is 1. The van der Waals surface area contributed by atoms with Crippen LogP contribution in [-0.2, 0) is 9.47 Å². The molecular formula is C26H33FO3. The smallest absolute Gasteiger partial charge is 0.338 e. The van der Waals surface area contributed by atoms with Crippen molar-refractivity contribution in [3.8, 4) is 11.1 Å². The quantitative estimate of drug-likeness (QED) is 0.313. The van der Waals surface area contributed by atoms with Crippen molar-refractivity contribution in [1.82, 2.24) is 0 Å². The molecule has 1 aliphatic rings. The van der Waals surface area contributed by atoms with Crippen molar-refractivity contribution in [1.29, 1.82) is 0 Å². The summed E-state index contributed by atoms with van der Waals surface area (Å²) in [6, 6.07) is 13.6. The Bertz CT molecular complexity index is 762. The van der Waals surface area contributed by atoms with Gasteiger partial charge in [-0.1, -0.05) is 56.9 Å². The summed E-state index contributed by atoms with van der Waals surface area (Å²) in [5, 5.41) is 0. The predicted octanol–water partition coefficient (Wildman–Crippen LogP) is 6.95. The number of halogens is 1. The molecule has 1 aliphatic carbocycles. The van der Waals surface area contributed by atoms with Crippen LogP contribution in [0.3, 0.4) is 0 Å². The maximum absolute atomic E-state index is 13.1. The first kappa shape index (κ1) is 22.5. The molecule has 1 saturated carbocycles. The van der Waals surface area contributed by atoms with Gasteiger partial charge in [-0.05, 0) is 67.5 Å². The molecule has 2 aromatic carbocycles. The first-order valence-electron chi connectivity index (χ1n) is 11.3. The number of hydrogen-bond donors (Lipinski definition) is 0. The third kappa shape index (κ3) is 6.94. The minimum Gasteiger partial charge on any atom is -0.459 e. The minimum atomic E-state index is -0.277. The molecule has 0 aromatic heterocycles. The lowest BCUT2D eigenvalue weighted by Gasteiger charge is -2.28. The Labute approximate surface area is 179 Å². The van der Waals surface area contributed by atoms with Crippen molar-refractivity contribution in [2.45, 2.75) is 76.9 Å². The van der Waals surface area contributed by atoms with Crippen LogP contribution in [0.5, 0.6) is 0 Å². The van der Waals surface area contributed by atoms with Crippen molar-refractivity contribution in [2.24, 2.45) is 0 Å². The fourth-order valence-corrected chi connectivity index (χ4v) is 3.93. The average molecular weight is 413 g/mol. The zero-order chi connectivity index (χ0) is 21.2. The van der Waals surface area contributed by atoms with Crippen LogP contribution in [0.4, 0.5) is 4.39 Å². The van der Waals surface area contributed by atoms with Crippen molar-refractivity contribution < 1.29 is 18.7 Å². The summed E-state index contributed by atoms with van der Waals surface area (Å²) in [6.45, 7) is 3.07. The third-order valence-electron chi connectivity index (χ3n) is 5.79. The highest BCUT2D eigenvalue weighted by Crippen LogP contribution is 2.25. The number of ether oxygens (including phenoxy) is 2. The Morgan fingerprint density at radius 2 is 1.40 bits per heavy atom. The highest BCUT2D eigenvalue weighted by Gasteiger charge is 2.24. The molecule has 0 bridgehead atoms. The summed E-state index contributed by atoms with van der Waals surface area (Å²) in [4.78, 5) is 12.5. The van der Waals surface area contributed by atoms with Gasteiger partial charge in [-0.15, -0.1) is 0 Å². The molecule has 30 heavy (non-hydrogen) atoms. The van der Waals surface area contributed by atoms with Gasteiger partial charge in [-0.25, -0.2) is 9.18 Å². The largest absolute Gasteiger partial charge is 0.459 e. The molecule has 0 aliphatic heterocycles. The van der Waals surface area contributed by atoms with E-state index in [0.717, 1.165) is 49.8 Å². The molecule has 4 heteroatoms. The summed E-state index contributed by atoms with van der Waals surface area (Å²) in [6.07, 6.45) is 10.2. The molecule has 0 atom stereocenters. The van der Waals surface area contributed by atoms with E-state index in [1.54, 1.807) is 24.3 Å². The molecule has 3 nitrogen and oxygen atoms in total. The SMILES string of the molecule is CCCCCCCO[C@H]1CC[C@H](OC(=O)c2ccc(-c3ccc(F)cc3)cc2)CC1. The Morgan fingerprint density at radius 1 is 0.833 bits per heavy atom. The third-order valence-corrected chi connectivity index (χ3v) is 5.79. The van der Waals surface area contributed by atoms with Gasteiger partial charge in [0, 0.05) is 6.61 Å². The minimum absolute atomic E-state index is 0.0290. The van der Waals surface area contributed by atoms with Gasteiger partial charge in [0.1, 0.15) is 11.9 Å². The van der Waals surface area contributed by atoms with Crippen LogP contribution in [0.1, 0.15) is 75.1 Å². The second-order valence-electron chi connectivity index (χ2n) is 8.17. The van der Waals surface area contributed by atoms with Gasteiger partial charge in [0.15, 0.2) is 0 Å². The van der Waals surface area contributed by atoms with Gasteiger partial charge in [0.2, 0.25) is 0 Å². The molecule has 1 fully saturated rings. The Balaban J connectivity index is 1.39. The van der Waals surface area contributed by atoms with Crippen LogP contribution >= 0.6 is 0 Å².